The Morgan fingerprint density at radius 1 is 1.17 bits per heavy atom. The predicted molar refractivity (Wildman–Crippen MR) is 65.4 cm³/mol. The number of carbonyl (C=O) groups excluding carboxylic acids is 1. The van der Waals surface area contributed by atoms with Gasteiger partial charge in [-0.2, -0.15) is 0 Å². The Bertz CT molecular complexity index is 528. The van der Waals surface area contributed by atoms with E-state index in [2.05, 4.69) is 0 Å². The van der Waals surface area contributed by atoms with Crippen molar-refractivity contribution < 1.29 is 17.6 Å². The fraction of sp³-hybridized carbons (Fsp3) is 0.462. The fourth-order valence-electron chi connectivity index (χ4n) is 2.28. The number of halogens is 1. The maximum absolute atomic E-state index is 12.7. The van der Waals surface area contributed by atoms with Crippen LogP contribution in [0, 0.1) is 11.7 Å². The van der Waals surface area contributed by atoms with Crippen molar-refractivity contribution in [2.24, 2.45) is 5.92 Å². The molecule has 0 radical (unpaired) electrons. The summed E-state index contributed by atoms with van der Waals surface area (Å²) in [5, 5.41) is 0. The first-order valence-corrected chi connectivity index (χ1v) is 7.65. The molecular formula is C13H15FO3S. The molecule has 0 spiro atoms. The van der Waals surface area contributed by atoms with Crippen LogP contribution < -0.4 is 0 Å². The molecule has 0 unspecified atom stereocenters. The lowest BCUT2D eigenvalue weighted by Gasteiger charge is -2.08. The second-order valence-electron chi connectivity index (χ2n) is 4.66. The standard InChI is InChI=1S/C13H15FO3S/c14-11-5-7-12(8-6-11)18(16,17)9-13(15)10-3-1-2-4-10/h5-8,10H,1-4,9H2. The zero-order valence-corrected chi connectivity index (χ0v) is 10.7. The summed E-state index contributed by atoms with van der Waals surface area (Å²) in [6.07, 6.45) is 3.57. The highest BCUT2D eigenvalue weighted by Gasteiger charge is 2.27. The summed E-state index contributed by atoms with van der Waals surface area (Å²) in [5.41, 5.74) is 0. The Kier molecular flexibility index (Phi) is 3.80. The van der Waals surface area contributed by atoms with Crippen molar-refractivity contribution in [2.45, 2.75) is 30.6 Å². The molecule has 1 saturated carbocycles. The molecule has 18 heavy (non-hydrogen) atoms. The van der Waals surface area contributed by atoms with Gasteiger partial charge in [-0.05, 0) is 37.1 Å². The monoisotopic (exact) mass is 270 g/mol. The van der Waals surface area contributed by atoms with E-state index in [4.69, 9.17) is 0 Å². The second kappa shape index (κ2) is 5.18. The molecule has 0 amide bonds. The van der Waals surface area contributed by atoms with E-state index in [1.54, 1.807) is 0 Å². The maximum Gasteiger partial charge on any atom is 0.185 e. The quantitative estimate of drug-likeness (QED) is 0.789. The molecule has 0 saturated heterocycles. The Morgan fingerprint density at radius 3 is 2.28 bits per heavy atom. The predicted octanol–water partition coefficient (Wildman–Crippen LogP) is 2.36. The van der Waals surface area contributed by atoms with E-state index in [-0.39, 0.29) is 16.6 Å². The first kappa shape index (κ1) is 13.2. The highest BCUT2D eigenvalue weighted by Crippen LogP contribution is 2.26. The van der Waals surface area contributed by atoms with Gasteiger partial charge in [-0.25, -0.2) is 12.8 Å². The average molecular weight is 270 g/mol. The fourth-order valence-corrected chi connectivity index (χ4v) is 3.61. The number of hydrogen-bond donors (Lipinski definition) is 0. The normalized spacial score (nSPS) is 16.9. The van der Waals surface area contributed by atoms with Crippen LogP contribution in [0.1, 0.15) is 25.7 Å². The minimum Gasteiger partial charge on any atom is -0.298 e. The van der Waals surface area contributed by atoms with Gasteiger partial charge in [-0.1, -0.05) is 12.8 Å². The van der Waals surface area contributed by atoms with Gasteiger partial charge in [-0.15, -0.1) is 0 Å². The van der Waals surface area contributed by atoms with Crippen molar-refractivity contribution in [3.05, 3.63) is 30.1 Å². The maximum atomic E-state index is 12.7. The van der Waals surface area contributed by atoms with E-state index in [1.807, 2.05) is 0 Å². The summed E-state index contributed by atoms with van der Waals surface area (Å²) in [4.78, 5) is 11.9. The minimum absolute atomic E-state index is 0.00949. The molecule has 1 fully saturated rings. The summed E-state index contributed by atoms with van der Waals surface area (Å²) in [6.45, 7) is 0. The van der Waals surface area contributed by atoms with Gasteiger partial charge < -0.3 is 0 Å². The van der Waals surface area contributed by atoms with Crippen LogP contribution in [-0.4, -0.2) is 20.0 Å². The van der Waals surface area contributed by atoms with E-state index in [0.717, 1.165) is 37.8 Å². The number of hydrogen-bond acceptors (Lipinski definition) is 3. The van der Waals surface area contributed by atoms with Crippen molar-refractivity contribution in [1.29, 1.82) is 0 Å². The van der Waals surface area contributed by atoms with Crippen molar-refractivity contribution >= 4 is 15.6 Å². The third kappa shape index (κ3) is 2.96. The number of benzene rings is 1. The zero-order chi connectivity index (χ0) is 13.2. The van der Waals surface area contributed by atoms with Crippen molar-refractivity contribution in [2.75, 3.05) is 5.75 Å². The molecule has 1 aromatic rings. The Balaban J connectivity index is 2.11. The first-order chi connectivity index (χ1) is 8.49. The van der Waals surface area contributed by atoms with Gasteiger partial charge in [0.05, 0.1) is 4.90 Å². The van der Waals surface area contributed by atoms with E-state index in [9.17, 15) is 17.6 Å². The molecule has 1 aromatic carbocycles. The number of sulfone groups is 1. The average Bonchev–Trinajstić information content (AvgIpc) is 2.82. The molecule has 0 aliphatic heterocycles. The molecule has 2 rings (SSSR count). The van der Waals surface area contributed by atoms with Crippen LogP contribution in [0.4, 0.5) is 4.39 Å². The third-order valence-corrected chi connectivity index (χ3v) is 4.97. The molecule has 0 N–H and O–H groups in total. The Morgan fingerprint density at radius 2 is 1.72 bits per heavy atom. The van der Waals surface area contributed by atoms with Gasteiger partial charge in [0, 0.05) is 5.92 Å². The molecule has 0 bridgehead atoms. The van der Waals surface area contributed by atoms with Crippen molar-refractivity contribution in [3.8, 4) is 0 Å². The molecule has 5 heteroatoms. The minimum atomic E-state index is -3.63. The van der Waals surface area contributed by atoms with Crippen LogP contribution >= 0.6 is 0 Å². The van der Waals surface area contributed by atoms with Gasteiger partial charge in [0.15, 0.2) is 15.6 Å². The van der Waals surface area contributed by atoms with Crippen LogP contribution in [0.2, 0.25) is 0 Å². The van der Waals surface area contributed by atoms with E-state index in [0.29, 0.717) is 0 Å². The lowest BCUT2D eigenvalue weighted by atomic mass is 10.0. The van der Waals surface area contributed by atoms with Crippen molar-refractivity contribution in [1.82, 2.24) is 0 Å². The third-order valence-electron chi connectivity index (χ3n) is 3.32. The summed E-state index contributed by atoms with van der Waals surface area (Å²) >= 11 is 0. The molecular weight excluding hydrogens is 255 g/mol. The first-order valence-electron chi connectivity index (χ1n) is 6.00. The summed E-state index contributed by atoms with van der Waals surface area (Å²) < 4.78 is 36.7. The summed E-state index contributed by atoms with van der Waals surface area (Å²) in [5.74, 6) is -1.28. The lowest BCUT2D eigenvalue weighted by molar-refractivity contribution is -0.120. The van der Waals surface area contributed by atoms with Crippen LogP contribution in [0.3, 0.4) is 0 Å². The molecule has 98 valence electrons. The highest BCUT2D eigenvalue weighted by atomic mass is 32.2. The van der Waals surface area contributed by atoms with Gasteiger partial charge in [0.2, 0.25) is 0 Å². The molecule has 0 heterocycles. The SMILES string of the molecule is O=C(CS(=O)(=O)c1ccc(F)cc1)C1CCCC1. The lowest BCUT2D eigenvalue weighted by Crippen LogP contribution is -2.22. The van der Waals surface area contributed by atoms with Gasteiger partial charge in [0.1, 0.15) is 11.6 Å². The number of rotatable bonds is 4. The van der Waals surface area contributed by atoms with Gasteiger partial charge >= 0.3 is 0 Å². The summed E-state index contributed by atoms with van der Waals surface area (Å²) in [6, 6.07) is 4.58. The largest absolute Gasteiger partial charge is 0.298 e. The number of ketones is 1. The van der Waals surface area contributed by atoms with Crippen molar-refractivity contribution in [3.63, 3.8) is 0 Å². The number of carbonyl (C=O) groups is 1. The molecule has 3 nitrogen and oxygen atoms in total. The Labute approximate surface area is 106 Å². The highest BCUT2D eigenvalue weighted by molar-refractivity contribution is 7.92. The van der Waals surface area contributed by atoms with E-state index in [1.165, 1.54) is 12.1 Å². The molecule has 1 aliphatic carbocycles. The van der Waals surface area contributed by atoms with Crippen LogP contribution in [0.25, 0.3) is 0 Å². The number of Topliss-reactive ketones (excluding diaryl/α,β-unsaturated/α-hetero) is 1. The van der Waals surface area contributed by atoms with Crippen LogP contribution in [0.15, 0.2) is 29.2 Å². The molecule has 1 aliphatic rings. The molecule has 0 atom stereocenters. The van der Waals surface area contributed by atoms with E-state index >= 15 is 0 Å². The van der Waals surface area contributed by atoms with Crippen LogP contribution in [-0.2, 0) is 14.6 Å². The van der Waals surface area contributed by atoms with Gasteiger partial charge in [-0.3, -0.25) is 4.79 Å². The van der Waals surface area contributed by atoms with E-state index < -0.39 is 21.4 Å². The molecule has 0 aromatic heterocycles. The Hall–Kier alpha value is -1.23. The van der Waals surface area contributed by atoms with Crippen LogP contribution in [0.5, 0.6) is 0 Å². The zero-order valence-electron chi connectivity index (χ0n) is 9.93. The smallest absolute Gasteiger partial charge is 0.185 e. The topological polar surface area (TPSA) is 51.2 Å². The van der Waals surface area contributed by atoms with Gasteiger partial charge in [0.25, 0.3) is 0 Å². The summed E-state index contributed by atoms with van der Waals surface area (Å²) in [7, 11) is -3.63. The second-order valence-corrected chi connectivity index (χ2v) is 6.65.